The van der Waals surface area contributed by atoms with Crippen LogP contribution < -0.4 is 9.64 Å². The summed E-state index contributed by atoms with van der Waals surface area (Å²) in [6.45, 7) is 6.08. The molecule has 0 unspecified atom stereocenters. The van der Waals surface area contributed by atoms with Crippen molar-refractivity contribution < 1.29 is 14.5 Å². The highest BCUT2D eigenvalue weighted by Crippen LogP contribution is 2.32. The lowest BCUT2D eigenvalue weighted by Gasteiger charge is -2.35. The minimum atomic E-state index is -0.371. The molecule has 0 spiro atoms. The average Bonchev–Trinajstić information content (AvgIpc) is 3.50. The largest absolute Gasteiger partial charge is 0.493 e. The van der Waals surface area contributed by atoms with Gasteiger partial charge in [0.1, 0.15) is 11.4 Å². The molecule has 0 bridgehead atoms. The minimum Gasteiger partial charge on any atom is -0.493 e. The van der Waals surface area contributed by atoms with Gasteiger partial charge in [0.05, 0.1) is 11.5 Å². The van der Waals surface area contributed by atoms with Crippen molar-refractivity contribution in [3.8, 4) is 5.75 Å². The Kier molecular flexibility index (Phi) is 5.70. The number of hydrogen-bond acceptors (Lipinski definition) is 6. The molecule has 0 saturated carbocycles. The first-order valence-corrected chi connectivity index (χ1v) is 11.4. The maximum absolute atomic E-state index is 13.1. The number of amides is 1. The van der Waals surface area contributed by atoms with E-state index in [-0.39, 0.29) is 16.5 Å². The van der Waals surface area contributed by atoms with Gasteiger partial charge in [-0.25, -0.2) is 0 Å². The Hall–Kier alpha value is -3.13. The fourth-order valence-corrected chi connectivity index (χ4v) is 4.92. The first kappa shape index (κ1) is 20.8. The maximum Gasteiger partial charge on any atom is 0.293 e. The zero-order valence-electron chi connectivity index (χ0n) is 18.2. The zero-order valence-corrected chi connectivity index (χ0v) is 18.2. The molecule has 168 valence electrons. The molecular weight excluding hydrogens is 408 g/mol. The lowest BCUT2D eigenvalue weighted by molar-refractivity contribution is -0.384. The van der Waals surface area contributed by atoms with Crippen LogP contribution in [0.3, 0.4) is 0 Å². The second kappa shape index (κ2) is 8.78. The molecule has 0 aliphatic carbocycles. The minimum absolute atomic E-state index is 0.0250. The van der Waals surface area contributed by atoms with Crippen molar-refractivity contribution in [2.45, 2.75) is 25.8 Å². The summed E-state index contributed by atoms with van der Waals surface area (Å²) in [5, 5.41) is 11.7. The number of ether oxygens (including phenoxy) is 1. The standard InChI is InChI=1S/C24H28N4O4/c29-24(20-4-5-21(22(16-20)28(30)31)26-8-1-2-9-26)27-12-10-25(11-13-27)17-18-3-6-23-19(15-18)7-14-32-23/h3-6,15-16H,1-2,7-14,17H2. The smallest absolute Gasteiger partial charge is 0.293 e. The molecule has 2 aromatic rings. The van der Waals surface area contributed by atoms with Gasteiger partial charge >= 0.3 is 0 Å². The fourth-order valence-electron chi connectivity index (χ4n) is 4.92. The van der Waals surface area contributed by atoms with Gasteiger partial charge < -0.3 is 14.5 Å². The molecule has 2 saturated heterocycles. The van der Waals surface area contributed by atoms with E-state index in [0.29, 0.717) is 24.3 Å². The van der Waals surface area contributed by atoms with Crippen molar-refractivity contribution in [3.63, 3.8) is 0 Å². The molecule has 0 N–H and O–H groups in total. The molecular formula is C24H28N4O4. The summed E-state index contributed by atoms with van der Waals surface area (Å²) in [7, 11) is 0. The van der Waals surface area contributed by atoms with E-state index in [1.54, 1.807) is 12.1 Å². The molecule has 8 nitrogen and oxygen atoms in total. The van der Waals surface area contributed by atoms with Crippen molar-refractivity contribution in [1.82, 2.24) is 9.80 Å². The van der Waals surface area contributed by atoms with Gasteiger partial charge in [-0.3, -0.25) is 19.8 Å². The fraction of sp³-hybridized carbons (Fsp3) is 0.458. The molecule has 3 aliphatic heterocycles. The molecule has 0 aromatic heterocycles. The topological polar surface area (TPSA) is 79.2 Å². The van der Waals surface area contributed by atoms with Gasteiger partial charge in [0.25, 0.3) is 11.6 Å². The van der Waals surface area contributed by atoms with Crippen LogP contribution in [-0.2, 0) is 13.0 Å². The van der Waals surface area contributed by atoms with Gasteiger partial charge in [0.2, 0.25) is 0 Å². The Morgan fingerprint density at radius 1 is 1.00 bits per heavy atom. The molecule has 5 rings (SSSR count). The number of rotatable bonds is 5. The summed E-state index contributed by atoms with van der Waals surface area (Å²) in [6.07, 6.45) is 3.05. The van der Waals surface area contributed by atoms with Crippen LogP contribution in [0.1, 0.15) is 34.3 Å². The predicted octanol–water partition coefficient (Wildman–Crippen LogP) is 3.09. The van der Waals surface area contributed by atoms with E-state index in [2.05, 4.69) is 23.1 Å². The first-order chi connectivity index (χ1) is 15.6. The second-order valence-electron chi connectivity index (χ2n) is 8.76. The van der Waals surface area contributed by atoms with Crippen LogP contribution in [0.5, 0.6) is 5.75 Å². The van der Waals surface area contributed by atoms with Crippen LogP contribution in [0.4, 0.5) is 11.4 Å². The van der Waals surface area contributed by atoms with E-state index in [1.807, 2.05) is 9.80 Å². The van der Waals surface area contributed by atoms with Crippen molar-refractivity contribution in [2.24, 2.45) is 0 Å². The van der Waals surface area contributed by atoms with E-state index in [1.165, 1.54) is 17.2 Å². The Bertz CT molecular complexity index is 1030. The molecule has 0 atom stereocenters. The lowest BCUT2D eigenvalue weighted by atomic mass is 10.1. The maximum atomic E-state index is 13.1. The third-order valence-electron chi connectivity index (χ3n) is 6.69. The number of nitrogens with zero attached hydrogens (tertiary/aromatic N) is 4. The van der Waals surface area contributed by atoms with Gasteiger partial charge in [-0.05, 0) is 42.2 Å². The summed E-state index contributed by atoms with van der Waals surface area (Å²) in [6, 6.07) is 11.3. The third kappa shape index (κ3) is 4.14. The highest BCUT2D eigenvalue weighted by molar-refractivity contribution is 5.96. The SMILES string of the molecule is O=C(c1ccc(N2CCCC2)c([N+](=O)[O-])c1)N1CCN(Cc2ccc3c(c2)CCO3)CC1. The van der Waals surface area contributed by atoms with E-state index in [0.717, 1.165) is 64.3 Å². The lowest BCUT2D eigenvalue weighted by Crippen LogP contribution is -2.48. The third-order valence-corrected chi connectivity index (χ3v) is 6.69. The molecule has 3 aliphatic rings. The average molecular weight is 437 g/mol. The van der Waals surface area contributed by atoms with Crippen molar-refractivity contribution in [2.75, 3.05) is 50.8 Å². The number of hydrogen-bond donors (Lipinski definition) is 0. The zero-order chi connectivity index (χ0) is 22.1. The van der Waals surface area contributed by atoms with Gasteiger partial charge in [-0.15, -0.1) is 0 Å². The van der Waals surface area contributed by atoms with E-state index < -0.39 is 0 Å². The van der Waals surface area contributed by atoms with Crippen LogP contribution in [0.15, 0.2) is 36.4 Å². The number of nitro benzene ring substituents is 1. The molecule has 32 heavy (non-hydrogen) atoms. The van der Waals surface area contributed by atoms with Crippen LogP contribution in [-0.4, -0.2) is 66.5 Å². The number of carbonyl (C=O) groups is 1. The number of nitro groups is 1. The molecule has 8 heteroatoms. The monoisotopic (exact) mass is 436 g/mol. The van der Waals surface area contributed by atoms with Crippen molar-refractivity contribution >= 4 is 17.3 Å². The van der Waals surface area contributed by atoms with E-state index >= 15 is 0 Å². The van der Waals surface area contributed by atoms with E-state index in [9.17, 15) is 14.9 Å². The van der Waals surface area contributed by atoms with Gasteiger partial charge in [-0.1, -0.05) is 12.1 Å². The summed E-state index contributed by atoms with van der Waals surface area (Å²) >= 11 is 0. The highest BCUT2D eigenvalue weighted by Gasteiger charge is 2.27. The van der Waals surface area contributed by atoms with Crippen molar-refractivity contribution in [3.05, 3.63) is 63.2 Å². The number of carbonyl (C=O) groups excluding carboxylic acids is 1. The Balaban J connectivity index is 1.22. The second-order valence-corrected chi connectivity index (χ2v) is 8.76. The molecule has 0 radical (unpaired) electrons. The number of anilines is 1. The number of fused-ring (bicyclic) bond motifs is 1. The van der Waals surface area contributed by atoms with Crippen LogP contribution in [0.2, 0.25) is 0 Å². The van der Waals surface area contributed by atoms with Crippen LogP contribution in [0.25, 0.3) is 0 Å². The van der Waals surface area contributed by atoms with Crippen LogP contribution in [0, 0.1) is 10.1 Å². The normalized spacial score (nSPS) is 18.5. The van der Waals surface area contributed by atoms with Crippen LogP contribution >= 0.6 is 0 Å². The Morgan fingerprint density at radius 2 is 1.78 bits per heavy atom. The molecule has 1 amide bonds. The molecule has 2 fully saturated rings. The Morgan fingerprint density at radius 3 is 2.53 bits per heavy atom. The number of benzene rings is 2. The predicted molar refractivity (Wildman–Crippen MR) is 121 cm³/mol. The van der Waals surface area contributed by atoms with Gasteiger partial charge in [-0.2, -0.15) is 0 Å². The summed E-state index contributed by atoms with van der Waals surface area (Å²) in [4.78, 5) is 30.5. The van der Waals surface area contributed by atoms with Gasteiger partial charge in [0.15, 0.2) is 0 Å². The number of piperazine rings is 1. The van der Waals surface area contributed by atoms with E-state index in [4.69, 9.17) is 4.74 Å². The summed E-state index contributed by atoms with van der Waals surface area (Å²) in [5.74, 6) is 0.865. The van der Waals surface area contributed by atoms with Gasteiger partial charge in [0, 0.05) is 63.9 Å². The first-order valence-electron chi connectivity index (χ1n) is 11.4. The highest BCUT2D eigenvalue weighted by atomic mass is 16.6. The quantitative estimate of drug-likeness (QED) is 0.529. The molecule has 3 heterocycles. The molecule has 2 aromatic carbocycles. The summed E-state index contributed by atoms with van der Waals surface area (Å²) < 4.78 is 5.58. The van der Waals surface area contributed by atoms with Crippen molar-refractivity contribution in [1.29, 1.82) is 0 Å². The summed E-state index contributed by atoms with van der Waals surface area (Å²) in [5.41, 5.74) is 3.58. The Labute approximate surface area is 187 Å².